The van der Waals surface area contributed by atoms with Crippen LogP contribution in [0.15, 0.2) is 69.3 Å². The number of nitrogens with one attached hydrogen (secondary N) is 2. The molecule has 0 aromatic heterocycles. The predicted octanol–water partition coefficient (Wildman–Crippen LogP) is 3.40. The van der Waals surface area contributed by atoms with Gasteiger partial charge in [0.05, 0.1) is 11.9 Å². The van der Waals surface area contributed by atoms with Gasteiger partial charge in [0.15, 0.2) is 5.17 Å². The van der Waals surface area contributed by atoms with Crippen LogP contribution in [0.5, 0.6) is 0 Å². The van der Waals surface area contributed by atoms with Gasteiger partial charge in [0.1, 0.15) is 5.25 Å². The molecule has 0 radical (unpaired) electrons. The van der Waals surface area contributed by atoms with E-state index in [2.05, 4.69) is 36.8 Å². The number of rotatable bonds is 5. The fraction of sp³-hybridized carbons (Fsp3) is 0.111. The highest BCUT2D eigenvalue weighted by Gasteiger charge is 2.32. The summed E-state index contributed by atoms with van der Waals surface area (Å²) in [4.78, 5) is 24.2. The average molecular weight is 431 g/mol. The minimum atomic E-state index is -0.525. The molecule has 6 nitrogen and oxygen atoms in total. The Kier molecular flexibility index (Phi) is 6.19. The van der Waals surface area contributed by atoms with Crippen LogP contribution in [-0.4, -0.2) is 28.4 Å². The Hall–Kier alpha value is -2.45. The number of para-hydroxylation sites is 1. The van der Waals surface area contributed by atoms with Gasteiger partial charge in [0.25, 0.3) is 0 Å². The van der Waals surface area contributed by atoms with E-state index < -0.39 is 5.25 Å². The summed E-state index contributed by atoms with van der Waals surface area (Å²) in [5, 5.41) is 13.3. The number of benzene rings is 2. The third-order valence-electron chi connectivity index (χ3n) is 3.45. The van der Waals surface area contributed by atoms with Crippen LogP contribution in [0.2, 0.25) is 0 Å². The maximum Gasteiger partial charge on any atom is 0.240 e. The predicted molar refractivity (Wildman–Crippen MR) is 108 cm³/mol. The van der Waals surface area contributed by atoms with E-state index in [9.17, 15) is 9.59 Å². The second-order valence-corrected chi connectivity index (χ2v) is 7.43. The summed E-state index contributed by atoms with van der Waals surface area (Å²) in [6.45, 7) is 0. The molecule has 1 heterocycles. The molecule has 2 N–H and O–H groups in total. The number of thioether (sulfide) groups is 1. The molecule has 8 heteroatoms. The number of anilines is 1. The lowest BCUT2D eigenvalue weighted by atomic mass is 10.2. The minimum Gasteiger partial charge on any atom is -0.325 e. The maximum atomic E-state index is 12.2. The third kappa shape index (κ3) is 5.03. The van der Waals surface area contributed by atoms with E-state index in [-0.39, 0.29) is 18.2 Å². The minimum absolute atomic E-state index is 0.0548. The van der Waals surface area contributed by atoms with Gasteiger partial charge in [0, 0.05) is 10.9 Å². The normalized spacial score (nSPS) is 18.3. The summed E-state index contributed by atoms with van der Waals surface area (Å²) in [7, 11) is 0. The maximum absolute atomic E-state index is 12.2. The van der Waals surface area contributed by atoms with Crippen molar-refractivity contribution in [3.8, 4) is 0 Å². The highest BCUT2D eigenvalue weighted by Crippen LogP contribution is 2.25. The summed E-state index contributed by atoms with van der Waals surface area (Å²) in [5.41, 5.74) is 1.58. The van der Waals surface area contributed by atoms with E-state index in [1.165, 1.54) is 11.8 Å². The fourth-order valence-electron chi connectivity index (χ4n) is 2.21. The number of amides is 2. The molecular formula is C18H15BrN4O2S. The Labute approximate surface area is 163 Å². The lowest BCUT2D eigenvalue weighted by Gasteiger charge is -2.08. The topological polar surface area (TPSA) is 82.9 Å². The Balaban J connectivity index is 1.56. The molecule has 1 aliphatic rings. The van der Waals surface area contributed by atoms with Gasteiger partial charge < -0.3 is 10.6 Å². The lowest BCUT2D eigenvalue weighted by molar-refractivity contribution is -0.122. The molecule has 0 bridgehead atoms. The van der Waals surface area contributed by atoms with Crippen LogP contribution in [0.25, 0.3) is 0 Å². The zero-order valence-corrected chi connectivity index (χ0v) is 16.0. The van der Waals surface area contributed by atoms with Gasteiger partial charge in [-0.1, -0.05) is 54.2 Å². The number of hydrogen-bond acceptors (Lipinski definition) is 5. The van der Waals surface area contributed by atoms with Crippen molar-refractivity contribution < 1.29 is 9.59 Å². The molecule has 26 heavy (non-hydrogen) atoms. The van der Waals surface area contributed by atoms with Gasteiger partial charge in [-0.3, -0.25) is 9.59 Å². The zero-order chi connectivity index (χ0) is 18.4. The standard InChI is InChI=1S/C18H15BrN4O2S/c19-13-8-4-5-9-14(13)21-16(24)10-15-17(25)22-18(26-15)23-20-11-12-6-2-1-3-7-12/h1-9,11,15H,10H2,(H,21,24)(H,22,23,25)/b20-11-/t15-/m0/s1. The van der Waals surface area contributed by atoms with Gasteiger partial charge in [-0.2, -0.15) is 5.10 Å². The summed E-state index contributed by atoms with van der Waals surface area (Å²) in [6, 6.07) is 16.8. The van der Waals surface area contributed by atoms with Crippen LogP contribution < -0.4 is 10.6 Å². The highest BCUT2D eigenvalue weighted by molar-refractivity contribution is 9.10. The first-order valence-electron chi connectivity index (χ1n) is 7.80. The summed E-state index contributed by atoms with van der Waals surface area (Å²) >= 11 is 4.57. The molecular weight excluding hydrogens is 416 g/mol. The number of carbonyl (C=O) groups excluding carboxylic acids is 2. The molecule has 1 aliphatic heterocycles. The quantitative estimate of drug-likeness (QED) is 0.563. The summed E-state index contributed by atoms with van der Waals surface area (Å²) in [6.07, 6.45) is 1.66. The van der Waals surface area contributed by atoms with Crippen molar-refractivity contribution in [2.24, 2.45) is 10.2 Å². The molecule has 0 aliphatic carbocycles. The Morgan fingerprint density at radius 2 is 1.92 bits per heavy atom. The van der Waals surface area contributed by atoms with Crippen molar-refractivity contribution in [1.29, 1.82) is 0 Å². The fourth-order valence-corrected chi connectivity index (χ4v) is 3.51. The highest BCUT2D eigenvalue weighted by atomic mass is 79.9. The van der Waals surface area contributed by atoms with Crippen LogP contribution in [-0.2, 0) is 9.59 Å². The molecule has 2 aromatic rings. The van der Waals surface area contributed by atoms with E-state index in [0.29, 0.717) is 10.9 Å². The van der Waals surface area contributed by atoms with Crippen molar-refractivity contribution in [2.75, 3.05) is 5.32 Å². The van der Waals surface area contributed by atoms with E-state index in [4.69, 9.17) is 0 Å². The molecule has 0 unspecified atom stereocenters. The first-order valence-corrected chi connectivity index (χ1v) is 9.47. The largest absolute Gasteiger partial charge is 0.325 e. The molecule has 1 atom stereocenters. The van der Waals surface area contributed by atoms with Crippen LogP contribution in [0.3, 0.4) is 0 Å². The zero-order valence-electron chi connectivity index (χ0n) is 13.6. The number of carbonyl (C=O) groups is 2. The molecule has 0 spiro atoms. The first kappa shape index (κ1) is 18.3. The van der Waals surface area contributed by atoms with Crippen LogP contribution in [0.4, 0.5) is 5.69 Å². The van der Waals surface area contributed by atoms with Crippen molar-refractivity contribution in [1.82, 2.24) is 5.32 Å². The Morgan fingerprint density at radius 1 is 1.19 bits per heavy atom. The van der Waals surface area contributed by atoms with Gasteiger partial charge in [-0.15, -0.1) is 5.10 Å². The molecule has 2 aromatic carbocycles. The van der Waals surface area contributed by atoms with Gasteiger partial charge in [0.2, 0.25) is 11.8 Å². The molecule has 132 valence electrons. The van der Waals surface area contributed by atoms with E-state index in [1.54, 1.807) is 12.3 Å². The number of nitrogens with zero attached hydrogens (tertiary/aromatic N) is 2. The van der Waals surface area contributed by atoms with Crippen LogP contribution in [0.1, 0.15) is 12.0 Å². The second-order valence-electron chi connectivity index (χ2n) is 5.39. The Bertz CT molecular complexity index is 871. The molecule has 1 fully saturated rings. The van der Waals surface area contributed by atoms with E-state index >= 15 is 0 Å². The van der Waals surface area contributed by atoms with E-state index in [0.717, 1.165) is 10.0 Å². The Morgan fingerprint density at radius 3 is 2.69 bits per heavy atom. The SMILES string of the molecule is O=C(C[C@@H]1S/C(=N/N=C\c2ccccc2)NC1=O)Nc1ccccc1Br. The smallest absolute Gasteiger partial charge is 0.240 e. The van der Waals surface area contributed by atoms with Gasteiger partial charge in [-0.25, -0.2) is 0 Å². The van der Waals surface area contributed by atoms with Crippen LogP contribution in [0, 0.1) is 0 Å². The lowest BCUT2D eigenvalue weighted by Crippen LogP contribution is -2.28. The summed E-state index contributed by atoms with van der Waals surface area (Å²) in [5.74, 6) is -0.482. The molecule has 1 saturated heterocycles. The van der Waals surface area contributed by atoms with Crippen molar-refractivity contribution in [2.45, 2.75) is 11.7 Å². The molecule has 3 rings (SSSR count). The third-order valence-corrected chi connectivity index (χ3v) is 5.21. The number of halogens is 1. The monoisotopic (exact) mass is 430 g/mol. The van der Waals surface area contributed by atoms with Gasteiger partial charge in [-0.05, 0) is 33.6 Å². The molecule has 0 saturated carbocycles. The molecule has 2 amide bonds. The second kappa shape index (κ2) is 8.77. The van der Waals surface area contributed by atoms with Crippen molar-refractivity contribution in [3.05, 3.63) is 64.6 Å². The first-order chi connectivity index (χ1) is 12.6. The summed E-state index contributed by atoms with van der Waals surface area (Å²) < 4.78 is 0.786. The van der Waals surface area contributed by atoms with Gasteiger partial charge >= 0.3 is 0 Å². The number of amidine groups is 1. The van der Waals surface area contributed by atoms with E-state index in [1.807, 2.05) is 48.5 Å². The average Bonchev–Trinajstić information content (AvgIpc) is 2.97. The van der Waals surface area contributed by atoms with Crippen LogP contribution >= 0.6 is 27.7 Å². The van der Waals surface area contributed by atoms with Crippen molar-refractivity contribution in [3.63, 3.8) is 0 Å². The van der Waals surface area contributed by atoms with Crippen molar-refractivity contribution >= 4 is 56.6 Å². The number of hydrogen-bond donors (Lipinski definition) is 2.